The number of ether oxygens (including phenoxy) is 1. The maximum Gasteiger partial charge on any atom is 0.269 e. The van der Waals surface area contributed by atoms with E-state index in [1.54, 1.807) is 18.3 Å². The third-order valence-electron chi connectivity index (χ3n) is 3.61. The maximum absolute atomic E-state index is 10.6. The van der Waals surface area contributed by atoms with Crippen molar-refractivity contribution in [3.8, 4) is 5.75 Å². The number of nitrogens with one attached hydrogen (secondary N) is 1. The van der Waals surface area contributed by atoms with Crippen LogP contribution in [-0.2, 0) is 6.61 Å². The maximum atomic E-state index is 10.6. The largest absolute Gasteiger partial charge is 0.489 e. The minimum absolute atomic E-state index is 0.0708. The fraction of sp³-hybridized carbons (Fsp3) is 0.0500. The SMILES string of the molecule is O=[N+]([O-])c1ccc(COc2ccc(/C=N\Nc3ccccc3)cc2)cc1. The van der Waals surface area contributed by atoms with Crippen molar-refractivity contribution in [3.63, 3.8) is 0 Å². The van der Waals surface area contributed by atoms with Gasteiger partial charge in [0.2, 0.25) is 0 Å². The van der Waals surface area contributed by atoms with Crippen molar-refractivity contribution in [1.29, 1.82) is 0 Å². The second-order valence-corrected chi connectivity index (χ2v) is 5.52. The number of anilines is 1. The van der Waals surface area contributed by atoms with E-state index < -0.39 is 4.92 Å². The van der Waals surface area contributed by atoms with Crippen LogP contribution < -0.4 is 10.2 Å². The van der Waals surface area contributed by atoms with Crippen LogP contribution >= 0.6 is 0 Å². The monoisotopic (exact) mass is 347 g/mol. The predicted octanol–water partition coefficient (Wildman–Crippen LogP) is 4.62. The number of non-ortho nitro benzene ring substituents is 1. The lowest BCUT2D eigenvalue weighted by Gasteiger charge is -2.06. The molecule has 6 heteroatoms. The van der Waals surface area contributed by atoms with Crippen molar-refractivity contribution in [1.82, 2.24) is 0 Å². The Morgan fingerprint density at radius 3 is 2.31 bits per heavy atom. The lowest BCUT2D eigenvalue weighted by atomic mass is 10.2. The molecule has 0 aliphatic carbocycles. The van der Waals surface area contributed by atoms with Gasteiger partial charge in [-0.05, 0) is 59.7 Å². The first-order chi connectivity index (χ1) is 12.7. The van der Waals surface area contributed by atoms with Crippen LogP contribution in [0.1, 0.15) is 11.1 Å². The van der Waals surface area contributed by atoms with Crippen LogP contribution in [0.25, 0.3) is 0 Å². The highest BCUT2D eigenvalue weighted by Crippen LogP contribution is 2.16. The fourth-order valence-electron chi connectivity index (χ4n) is 2.22. The van der Waals surface area contributed by atoms with Crippen LogP contribution in [0.15, 0.2) is 84.0 Å². The van der Waals surface area contributed by atoms with Gasteiger partial charge >= 0.3 is 0 Å². The van der Waals surface area contributed by atoms with Crippen molar-refractivity contribution in [3.05, 3.63) is 100 Å². The molecule has 0 aliphatic rings. The summed E-state index contributed by atoms with van der Waals surface area (Å²) in [5, 5.41) is 14.8. The summed E-state index contributed by atoms with van der Waals surface area (Å²) in [5.41, 5.74) is 5.76. The van der Waals surface area contributed by atoms with Gasteiger partial charge < -0.3 is 4.74 Å². The van der Waals surface area contributed by atoms with E-state index in [9.17, 15) is 10.1 Å². The van der Waals surface area contributed by atoms with Crippen LogP contribution in [0.3, 0.4) is 0 Å². The highest BCUT2D eigenvalue weighted by molar-refractivity contribution is 5.80. The molecule has 0 unspecified atom stereocenters. The molecule has 3 aromatic rings. The summed E-state index contributed by atoms with van der Waals surface area (Å²) in [4.78, 5) is 10.2. The highest BCUT2D eigenvalue weighted by Gasteiger charge is 2.04. The van der Waals surface area contributed by atoms with E-state index in [0.29, 0.717) is 6.61 Å². The zero-order valence-corrected chi connectivity index (χ0v) is 13.9. The first-order valence-electron chi connectivity index (χ1n) is 8.01. The smallest absolute Gasteiger partial charge is 0.269 e. The molecule has 0 aromatic heterocycles. The molecule has 3 aromatic carbocycles. The average molecular weight is 347 g/mol. The first-order valence-corrected chi connectivity index (χ1v) is 8.01. The van der Waals surface area contributed by atoms with E-state index in [1.807, 2.05) is 54.6 Å². The number of nitro groups is 1. The third-order valence-corrected chi connectivity index (χ3v) is 3.61. The van der Waals surface area contributed by atoms with E-state index in [-0.39, 0.29) is 5.69 Å². The second-order valence-electron chi connectivity index (χ2n) is 5.52. The van der Waals surface area contributed by atoms with Crippen LogP contribution in [0.5, 0.6) is 5.75 Å². The van der Waals surface area contributed by atoms with Crippen molar-refractivity contribution < 1.29 is 9.66 Å². The molecule has 130 valence electrons. The minimum Gasteiger partial charge on any atom is -0.489 e. The fourth-order valence-corrected chi connectivity index (χ4v) is 2.22. The molecule has 0 heterocycles. The number of nitro benzene ring substituents is 1. The van der Waals surface area contributed by atoms with Crippen molar-refractivity contribution in [2.75, 3.05) is 5.43 Å². The number of para-hydroxylation sites is 1. The molecule has 0 atom stereocenters. The number of hydrogen-bond donors (Lipinski definition) is 1. The van der Waals surface area contributed by atoms with Gasteiger partial charge in [0.1, 0.15) is 12.4 Å². The van der Waals surface area contributed by atoms with Crippen LogP contribution in [-0.4, -0.2) is 11.1 Å². The summed E-state index contributed by atoms with van der Waals surface area (Å²) in [6, 6.07) is 23.5. The molecule has 6 nitrogen and oxygen atoms in total. The molecule has 0 saturated heterocycles. The Labute approximate surface area is 150 Å². The number of hydrazone groups is 1. The first kappa shape index (κ1) is 17.2. The van der Waals surface area contributed by atoms with Crippen molar-refractivity contribution in [2.24, 2.45) is 5.10 Å². The van der Waals surface area contributed by atoms with E-state index in [0.717, 1.165) is 22.6 Å². The van der Waals surface area contributed by atoms with E-state index >= 15 is 0 Å². The lowest BCUT2D eigenvalue weighted by Crippen LogP contribution is -1.96. The molecular weight excluding hydrogens is 330 g/mol. The molecule has 0 amide bonds. The Balaban J connectivity index is 1.51. The summed E-state index contributed by atoms with van der Waals surface area (Å²) >= 11 is 0. The predicted molar refractivity (Wildman–Crippen MR) is 102 cm³/mol. The van der Waals surface area contributed by atoms with Gasteiger partial charge in [-0.15, -0.1) is 0 Å². The molecular formula is C20H17N3O3. The molecule has 0 fully saturated rings. The number of nitrogens with zero attached hydrogens (tertiary/aromatic N) is 2. The van der Waals surface area contributed by atoms with Gasteiger partial charge in [-0.1, -0.05) is 18.2 Å². The van der Waals surface area contributed by atoms with Crippen LogP contribution in [0.4, 0.5) is 11.4 Å². The Morgan fingerprint density at radius 2 is 1.65 bits per heavy atom. The second kappa shape index (κ2) is 8.43. The Kier molecular flexibility index (Phi) is 5.57. The average Bonchev–Trinajstić information content (AvgIpc) is 2.68. The molecule has 0 aliphatic heterocycles. The number of benzene rings is 3. The Hall–Kier alpha value is -3.67. The van der Waals surface area contributed by atoms with E-state index in [4.69, 9.17) is 4.74 Å². The molecule has 26 heavy (non-hydrogen) atoms. The van der Waals surface area contributed by atoms with E-state index in [2.05, 4.69) is 10.5 Å². The molecule has 0 saturated carbocycles. The Morgan fingerprint density at radius 1 is 0.962 bits per heavy atom. The minimum atomic E-state index is -0.419. The molecule has 0 spiro atoms. The van der Waals surface area contributed by atoms with Gasteiger partial charge in [0.15, 0.2) is 0 Å². The van der Waals surface area contributed by atoms with Crippen molar-refractivity contribution in [2.45, 2.75) is 6.61 Å². The summed E-state index contributed by atoms with van der Waals surface area (Å²) < 4.78 is 5.69. The summed E-state index contributed by atoms with van der Waals surface area (Å²) in [6.45, 7) is 0.348. The standard InChI is InChI=1S/C20H17N3O3/c24-23(25)19-10-6-17(7-11-19)15-26-20-12-8-16(9-13-20)14-21-22-18-4-2-1-3-5-18/h1-14,22H,15H2/b21-14-. The summed E-state index contributed by atoms with van der Waals surface area (Å²) in [5.74, 6) is 0.719. The molecule has 0 bridgehead atoms. The summed E-state index contributed by atoms with van der Waals surface area (Å²) in [6.07, 6.45) is 1.73. The quantitative estimate of drug-likeness (QED) is 0.384. The topological polar surface area (TPSA) is 76.8 Å². The third kappa shape index (κ3) is 4.91. The van der Waals surface area contributed by atoms with Gasteiger partial charge in [-0.25, -0.2) is 0 Å². The normalized spacial score (nSPS) is 10.6. The van der Waals surface area contributed by atoms with Crippen LogP contribution in [0.2, 0.25) is 0 Å². The zero-order chi connectivity index (χ0) is 18.2. The number of hydrogen-bond acceptors (Lipinski definition) is 5. The zero-order valence-electron chi connectivity index (χ0n) is 13.9. The highest BCUT2D eigenvalue weighted by atomic mass is 16.6. The Bertz CT molecular complexity index is 876. The van der Waals surface area contributed by atoms with Gasteiger partial charge in [-0.2, -0.15) is 5.10 Å². The van der Waals surface area contributed by atoms with Gasteiger partial charge in [0, 0.05) is 12.1 Å². The van der Waals surface area contributed by atoms with E-state index in [1.165, 1.54) is 12.1 Å². The van der Waals surface area contributed by atoms with Gasteiger partial charge in [-0.3, -0.25) is 15.5 Å². The van der Waals surface area contributed by atoms with Gasteiger partial charge in [0.05, 0.1) is 16.8 Å². The lowest BCUT2D eigenvalue weighted by molar-refractivity contribution is -0.384. The van der Waals surface area contributed by atoms with Crippen LogP contribution in [0, 0.1) is 10.1 Å². The molecule has 3 rings (SSSR count). The molecule has 0 radical (unpaired) electrons. The van der Waals surface area contributed by atoms with Crippen molar-refractivity contribution >= 4 is 17.6 Å². The van der Waals surface area contributed by atoms with Gasteiger partial charge in [0.25, 0.3) is 5.69 Å². The molecule has 1 N–H and O–H groups in total. The summed E-state index contributed by atoms with van der Waals surface area (Å²) in [7, 11) is 0. The number of rotatable bonds is 7.